The van der Waals surface area contributed by atoms with E-state index in [1.54, 1.807) is 28.9 Å². The molecular weight excluding hydrogens is 757 g/mol. The van der Waals surface area contributed by atoms with E-state index in [0.717, 1.165) is 123 Å². The number of aryl methyl sites for hydroxylation is 4. The molecule has 0 saturated carbocycles. The van der Waals surface area contributed by atoms with E-state index in [0.29, 0.717) is 31.4 Å². The van der Waals surface area contributed by atoms with Gasteiger partial charge in [-0.25, -0.2) is 14.6 Å². The number of piperidine rings is 2. The zero-order valence-electron chi connectivity index (χ0n) is 34.3. The lowest BCUT2D eigenvalue weighted by Crippen LogP contribution is -2.31. The van der Waals surface area contributed by atoms with Gasteiger partial charge >= 0.3 is 0 Å². The minimum atomic E-state index is -1.13. The van der Waals surface area contributed by atoms with Gasteiger partial charge in [0.2, 0.25) is 0 Å². The number of nitrogens with one attached hydrogen (secondary N) is 1. The molecule has 0 unspecified atom stereocenters. The number of H-pyrrole nitrogens is 1. The van der Waals surface area contributed by atoms with Crippen LogP contribution in [0.1, 0.15) is 106 Å². The second-order valence-corrected chi connectivity index (χ2v) is 25.7. The number of likely N-dealkylation sites (tertiary alicyclic amines) is 2. The maximum absolute atomic E-state index is 13.4. The van der Waals surface area contributed by atoms with Gasteiger partial charge in [0, 0.05) is 43.5 Å². The lowest BCUT2D eigenvalue weighted by Gasteiger charge is -2.28. The molecule has 0 amide bonds. The summed E-state index contributed by atoms with van der Waals surface area (Å²) in [5.41, 5.74) is 5.47. The normalized spacial score (nSPS) is 18.7. The van der Waals surface area contributed by atoms with E-state index in [1.165, 1.54) is 46.8 Å². The molecule has 8 rings (SSSR count). The van der Waals surface area contributed by atoms with Gasteiger partial charge in [-0.3, -0.25) is 14.7 Å². The highest BCUT2D eigenvalue weighted by Gasteiger charge is 2.28. The van der Waals surface area contributed by atoms with Crippen LogP contribution in [0, 0.1) is 11.8 Å². The van der Waals surface area contributed by atoms with Crippen LogP contribution in [0.3, 0.4) is 0 Å². The van der Waals surface area contributed by atoms with Crippen molar-refractivity contribution in [2.24, 2.45) is 11.8 Å². The quantitative estimate of drug-likeness (QED) is 0.0805. The predicted octanol–water partition coefficient (Wildman–Crippen LogP) is 8.44. The highest BCUT2D eigenvalue weighted by atomic mass is 32.1. The van der Waals surface area contributed by atoms with Crippen molar-refractivity contribution in [3.63, 3.8) is 0 Å². The number of nitrogens with zero attached hydrogens (tertiary/aromatic N) is 7. The first kappa shape index (κ1) is 41.3. The molecule has 2 aliphatic heterocycles. The summed E-state index contributed by atoms with van der Waals surface area (Å²) in [6, 6.07) is 1.13. The van der Waals surface area contributed by atoms with E-state index in [-0.39, 0.29) is 11.6 Å². The summed E-state index contributed by atoms with van der Waals surface area (Å²) >= 11 is 3.46. The number of hydrogen-bond acceptors (Lipinski definition) is 11. The highest BCUT2D eigenvalue weighted by molar-refractivity contribution is 7.15. The maximum Gasteiger partial charge on any atom is 0.167 e. The molecular formula is C42H62N8O3S2Si. The molecule has 0 radical (unpaired) electrons. The fourth-order valence-corrected chi connectivity index (χ4v) is 11.3. The van der Waals surface area contributed by atoms with Crippen molar-refractivity contribution in [3.8, 4) is 21.4 Å². The molecule has 14 heteroatoms. The van der Waals surface area contributed by atoms with Crippen molar-refractivity contribution >= 4 is 42.3 Å². The molecule has 0 bridgehead atoms. The third-order valence-electron chi connectivity index (χ3n) is 12.0. The second kappa shape index (κ2) is 18.8. The Morgan fingerprint density at radius 2 is 1.32 bits per heavy atom. The minimum Gasteiger partial charge on any atom is -0.360 e. The average Bonchev–Trinajstić information content (AvgIpc) is 4.00. The number of rotatable bonds is 13. The van der Waals surface area contributed by atoms with Crippen LogP contribution in [-0.4, -0.2) is 106 Å². The van der Waals surface area contributed by atoms with Crippen molar-refractivity contribution in [2.45, 2.75) is 122 Å². The smallest absolute Gasteiger partial charge is 0.167 e. The fourth-order valence-electron chi connectivity index (χ4n) is 8.24. The van der Waals surface area contributed by atoms with Crippen LogP contribution >= 0.6 is 22.7 Å². The molecule has 2 aliphatic carbocycles. The van der Waals surface area contributed by atoms with E-state index in [2.05, 4.69) is 53.7 Å². The van der Waals surface area contributed by atoms with Gasteiger partial charge in [0.05, 0.1) is 28.7 Å². The van der Waals surface area contributed by atoms with Crippen molar-refractivity contribution < 1.29 is 14.3 Å². The Kier molecular flexibility index (Phi) is 13.9. The van der Waals surface area contributed by atoms with Gasteiger partial charge in [0.15, 0.2) is 11.6 Å². The van der Waals surface area contributed by atoms with Gasteiger partial charge in [-0.15, -0.1) is 22.7 Å². The molecule has 4 aliphatic rings. The Labute approximate surface area is 342 Å². The van der Waals surface area contributed by atoms with Crippen LogP contribution in [0.25, 0.3) is 21.4 Å². The van der Waals surface area contributed by atoms with Gasteiger partial charge in [0.1, 0.15) is 28.1 Å². The summed E-state index contributed by atoms with van der Waals surface area (Å²) in [7, 11) is 3.18. The Morgan fingerprint density at radius 3 is 1.89 bits per heavy atom. The van der Waals surface area contributed by atoms with Crippen molar-refractivity contribution in [3.05, 3.63) is 44.7 Å². The number of thiazole rings is 2. The van der Waals surface area contributed by atoms with E-state index >= 15 is 0 Å². The molecule has 4 aromatic heterocycles. The first-order valence-electron chi connectivity index (χ1n) is 21.1. The molecule has 0 atom stereocenters. The highest BCUT2D eigenvalue weighted by Crippen LogP contribution is 2.36. The summed E-state index contributed by atoms with van der Waals surface area (Å²) in [4.78, 5) is 43.3. The van der Waals surface area contributed by atoms with Crippen LogP contribution < -0.4 is 0 Å². The zero-order chi connectivity index (χ0) is 39.2. The van der Waals surface area contributed by atoms with Crippen LogP contribution in [0.5, 0.6) is 0 Å². The summed E-state index contributed by atoms with van der Waals surface area (Å²) in [5, 5.41) is 13.8. The van der Waals surface area contributed by atoms with E-state index in [1.807, 2.05) is 10.9 Å². The lowest BCUT2D eigenvalue weighted by molar-refractivity contribution is 0.0785. The lowest BCUT2D eigenvalue weighted by atomic mass is 9.90. The van der Waals surface area contributed by atoms with Gasteiger partial charge in [-0.1, -0.05) is 19.6 Å². The van der Waals surface area contributed by atoms with Crippen LogP contribution in [0.2, 0.25) is 25.7 Å². The Hall–Kier alpha value is -2.88. The van der Waals surface area contributed by atoms with Crippen molar-refractivity contribution in [2.75, 3.05) is 46.9 Å². The molecule has 56 heavy (non-hydrogen) atoms. The van der Waals surface area contributed by atoms with Gasteiger partial charge in [-0.2, -0.15) is 10.2 Å². The Balaban J connectivity index is 0.000000178. The van der Waals surface area contributed by atoms with Gasteiger partial charge in [-0.05, 0) is 135 Å². The second-order valence-electron chi connectivity index (χ2n) is 17.9. The number of carbonyl (C=O) groups excluding carboxylic acids is 2. The van der Waals surface area contributed by atoms with E-state index < -0.39 is 8.07 Å². The fraction of sp³-hybridized carbons (Fsp3) is 0.667. The molecule has 6 heterocycles. The van der Waals surface area contributed by atoms with E-state index in [9.17, 15) is 9.59 Å². The first-order chi connectivity index (χ1) is 27.0. The third-order valence-corrected chi connectivity index (χ3v) is 16.0. The predicted molar refractivity (Wildman–Crippen MR) is 229 cm³/mol. The minimum absolute atomic E-state index is 0.205. The third kappa shape index (κ3) is 10.8. The number of fused-ring (bicyclic) bond motifs is 2. The van der Waals surface area contributed by atoms with Gasteiger partial charge in [0.25, 0.3) is 0 Å². The number of Topliss-reactive ketones (excluding diaryl/α,β-unsaturated/α-hetero) is 2. The van der Waals surface area contributed by atoms with Crippen LogP contribution in [0.15, 0.2) is 12.4 Å². The monoisotopic (exact) mass is 818 g/mol. The zero-order valence-corrected chi connectivity index (χ0v) is 37.0. The number of aromatic nitrogens is 6. The van der Waals surface area contributed by atoms with Crippen molar-refractivity contribution in [1.82, 2.24) is 39.7 Å². The molecule has 0 spiro atoms. The number of aromatic amines is 1. The van der Waals surface area contributed by atoms with Gasteiger partial charge < -0.3 is 14.5 Å². The maximum atomic E-state index is 13.4. The average molecular weight is 819 g/mol. The number of hydrogen-bond donors (Lipinski definition) is 1. The topological polar surface area (TPSA) is 122 Å². The molecule has 1 N–H and O–H groups in total. The standard InChI is InChI=1S/C24H38N4O2SSi.C18H24N4OS/c1-27-11-9-18(10-12-27)15-21(29)19-16-28(17-30-13-14-32(2,3)4)26-23(19)24-25-20-7-5-6-8-22(20)31-24;1-22-8-6-12(7-9-22)10-15(23)13-11-19-21-17(13)18-20-14-4-2-3-5-16(14)24-18/h16,18H,5-15,17H2,1-4H3;11-12H,2-10H2,1H3,(H,19,21). The Morgan fingerprint density at radius 1 is 0.786 bits per heavy atom. The number of carbonyl (C=O) groups is 2. The summed E-state index contributed by atoms with van der Waals surface area (Å²) in [6.45, 7) is 12.5. The van der Waals surface area contributed by atoms with E-state index in [4.69, 9.17) is 19.8 Å². The molecule has 2 saturated heterocycles. The SMILES string of the molecule is CN1CCC(CC(=O)c2cn(COCC[Si](C)(C)C)nc2-c2nc3c(s2)CCCC3)CC1.CN1CCC(CC(=O)c2cn[nH]c2-c2nc3c(s2)CCCC3)CC1. The molecule has 304 valence electrons. The first-order valence-corrected chi connectivity index (χ1v) is 26.4. The molecule has 0 aromatic carbocycles. The molecule has 4 aromatic rings. The van der Waals surface area contributed by atoms with Crippen molar-refractivity contribution in [1.29, 1.82) is 0 Å². The summed E-state index contributed by atoms with van der Waals surface area (Å²) in [6.07, 6.45) is 18.5. The Bertz CT molecular complexity index is 1880. The number of ketones is 2. The molecule has 11 nitrogen and oxygen atoms in total. The number of ether oxygens (including phenoxy) is 1. The molecule has 2 fully saturated rings. The summed E-state index contributed by atoms with van der Waals surface area (Å²) < 4.78 is 7.73. The van der Waals surface area contributed by atoms with Crippen LogP contribution in [-0.2, 0) is 37.2 Å². The summed E-state index contributed by atoms with van der Waals surface area (Å²) in [5.74, 6) is 1.38. The van der Waals surface area contributed by atoms with Crippen LogP contribution in [0.4, 0.5) is 0 Å². The largest absolute Gasteiger partial charge is 0.360 e.